The molecule has 2 nitrogen and oxygen atoms in total. The lowest BCUT2D eigenvalue weighted by Crippen LogP contribution is -2.45. The minimum Gasteiger partial charge on any atom is -0.314 e. The van der Waals surface area contributed by atoms with Crippen molar-refractivity contribution in [3.8, 4) is 0 Å². The largest absolute Gasteiger partial charge is 0.410 e. The van der Waals surface area contributed by atoms with Gasteiger partial charge >= 0.3 is 6.18 Å². The van der Waals surface area contributed by atoms with Gasteiger partial charge in [0.15, 0.2) is 11.8 Å². The maximum Gasteiger partial charge on any atom is 0.410 e. The van der Waals surface area contributed by atoms with E-state index >= 15 is 0 Å². The fourth-order valence-corrected chi connectivity index (χ4v) is 0.815. The summed E-state index contributed by atoms with van der Waals surface area (Å²) in [6, 6.07) is -2.34. The zero-order valence-electron chi connectivity index (χ0n) is 7.90. The molecule has 0 aromatic carbocycles. The molecular formula is C8H14F3NO. The van der Waals surface area contributed by atoms with Crippen LogP contribution in [0.15, 0.2) is 0 Å². The molecule has 0 fully saturated rings. The summed E-state index contributed by atoms with van der Waals surface area (Å²) < 4.78 is 35.8. The smallest absolute Gasteiger partial charge is 0.314 e. The van der Waals surface area contributed by atoms with Crippen LogP contribution < -0.4 is 5.73 Å². The topological polar surface area (TPSA) is 43.1 Å². The number of alkyl halides is 3. The standard InChI is InChI=1S/C8H14F3NO/c1-7(2,3)4-5(13)6(12)8(9,10)11/h6H,4,12H2,1-3H3. The Hall–Kier alpha value is -0.580. The molecule has 0 radical (unpaired) electrons. The predicted octanol–water partition coefficient (Wildman–Crippen LogP) is 1.88. The van der Waals surface area contributed by atoms with Gasteiger partial charge in [0.1, 0.15) is 0 Å². The van der Waals surface area contributed by atoms with Crippen molar-refractivity contribution in [1.29, 1.82) is 0 Å². The van der Waals surface area contributed by atoms with E-state index in [0.717, 1.165) is 0 Å². The van der Waals surface area contributed by atoms with Gasteiger partial charge in [-0.05, 0) is 5.41 Å². The first kappa shape index (κ1) is 12.4. The van der Waals surface area contributed by atoms with E-state index in [1.54, 1.807) is 20.8 Å². The monoisotopic (exact) mass is 197 g/mol. The molecular weight excluding hydrogens is 183 g/mol. The van der Waals surface area contributed by atoms with Crippen molar-refractivity contribution in [2.45, 2.75) is 39.4 Å². The van der Waals surface area contributed by atoms with Gasteiger partial charge < -0.3 is 5.73 Å². The van der Waals surface area contributed by atoms with Crippen LogP contribution in [0.4, 0.5) is 13.2 Å². The Balaban J connectivity index is 4.30. The molecule has 0 aliphatic heterocycles. The highest BCUT2D eigenvalue weighted by Crippen LogP contribution is 2.25. The van der Waals surface area contributed by atoms with E-state index in [4.69, 9.17) is 5.73 Å². The van der Waals surface area contributed by atoms with Crippen molar-refractivity contribution in [2.24, 2.45) is 11.1 Å². The van der Waals surface area contributed by atoms with Gasteiger partial charge in [-0.1, -0.05) is 20.8 Å². The first-order valence-corrected chi connectivity index (χ1v) is 3.89. The Labute approximate surface area is 75.3 Å². The SMILES string of the molecule is CC(C)(C)CC(=O)C(N)C(F)(F)F. The van der Waals surface area contributed by atoms with E-state index in [-0.39, 0.29) is 6.42 Å². The average molecular weight is 197 g/mol. The summed E-state index contributed by atoms with van der Waals surface area (Å²) >= 11 is 0. The van der Waals surface area contributed by atoms with Gasteiger partial charge in [-0.15, -0.1) is 0 Å². The number of rotatable bonds is 2. The Bertz CT molecular complexity index is 193. The van der Waals surface area contributed by atoms with E-state index in [1.165, 1.54) is 0 Å². The van der Waals surface area contributed by atoms with Crippen LogP contribution in [-0.2, 0) is 4.79 Å². The van der Waals surface area contributed by atoms with Gasteiger partial charge in [0.25, 0.3) is 0 Å². The van der Waals surface area contributed by atoms with Crippen molar-refractivity contribution in [3.05, 3.63) is 0 Å². The highest BCUT2D eigenvalue weighted by Gasteiger charge is 2.42. The highest BCUT2D eigenvalue weighted by atomic mass is 19.4. The molecule has 0 aliphatic rings. The quantitative estimate of drug-likeness (QED) is 0.734. The Morgan fingerprint density at radius 3 is 1.92 bits per heavy atom. The molecule has 5 heteroatoms. The lowest BCUT2D eigenvalue weighted by molar-refractivity contribution is -0.162. The van der Waals surface area contributed by atoms with Crippen LogP contribution in [0.25, 0.3) is 0 Å². The Morgan fingerprint density at radius 1 is 1.31 bits per heavy atom. The second-order valence-corrected chi connectivity index (χ2v) is 4.22. The van der Waals surface area contributed by atoms with Crippen LogP contribution in [0.2, 0.25) is 0 Å². The maximum atomic E-state index is 11.9. The van der Waals surface area contributed by atoms with Crippen LogP contribution in [0.5, 0.6) is 0 Å². The highest BCUT2D eigenvalue weighted by molar-refractivity contribution is 5.85. The fraction of sp³-hybridized carbons (Fsp3) is 0.875. The average Bonchev–Trinajstić information content (AvgIpc) is 1.79. The molecule has 0 heterocycles. The third-order valence-electron chi connectivity index (χ3n) is 1.40. The van der Waals surface area contributed by atoms with E-state index < -0.39 is 23.4 Å². The summed E-state index contributed by atoms with van der Waals surface area (Å²) in [6.07, 6.45) is -4.78. The number of ketones is 1. The third-order valence-corrected chi connectivity index (χ3v) is 1.40. The lowest BCUT2D eigenvalue weighted by atomic mass is 9.88. The molecule has 1 atom stereocenters. The van der Waals surface area contributed by atoms with Crippen LogP contribution >= 0.6 is 0 Å². The van der Waals surface area contributed by atoms with Gasteiger partial charge in [0.05, 0.1) is 0 Å². The first-order chi connectivity index (χ1) is 5.54. The number of carbonyl (C=O) groups is 1. The predicted molar refractivity (Wildman–Crippen MR) is 43.1 cm³/mol. The number of hydrogen-bond donors (Lipinski definition) is 1. The van der Waals surface area contributed by atoms with Crippen molar-refractivity contribution >= 4 is 5.78 Å². The van der Waals surface area contributed by atoms with Gasteiger partial charge in [-0.2, -0.15) is 13.2 Å². The van der Waals surface area contributed by atoms with E-state index in [0.29, 0.717) is 0 Å². The van der Waals surface area contributed by atoms with Crippen molar-refractivity contribution in [3.63, 3.8) is 0 Å². The second-order valence-electron chi connectivity index (χ2n) is 4.22. The number of Topliss-reactive ketones (excluding diaryl/α,β-unsaturated/α-hetero) is 1. The molecule has 1 unspecified atom stereocenters. The zero-order chi connectivity index (χ0) is 10.9. The molecule has 0 aromatic heterocycles. The molecule has 0 aromatic rings. The summed E-state index contributed by atoms with van der Waals surface area (Å²) in [7, 11) is 0. The van der Waals surface area contributed by atoms with Gasteiger partial charge in [-0.25, -0.2) is 0 Å². The number of hydrogen-bond acceptors (Lipinski definition) is 2. The molecule has 0 bridgehead atoms. The van der Waals surface area contributed by atoms with Gasteiger partial charge in [-0.3, -0.25) is 4.79 Å². The summed E-state index contributed by atoms with van der Waals surface area (Å²) in [6.45, 7) is 5.07. The second kappa shape index (κ2) is 3.65. The summed E-state index contributed by atoms with van der Waals surface area (Å²) in [4.78, 5) is 11.0. The van der Waals surface area contributed by atoms with E-state index in [9.17, 15) is 18.0 Å². The Morgan fingerprint density at radius 2 is 1.69 bits per heavy atom. The summed E-state index contributed by atoms with van der Waals surface area (Å²) in [5, 5.41) is 0. The van der Waals surface area contributed by atoms with Crippen molar-refractivity contribution in [1.82, 2.24) is 0 Å². The van der Waals surface area contributed by atoms with Crippen LogP contribution in [-0.4, -0.2) is 18.0 Å². The third kappa shape index (κ3) is 4.87. The van der Waals surface area contributed by atoms with Crippen LogP contribution in [0.3, 0.4) is 0 Å². The molecule has 0 saturated carbocycles. The van der Waals surface area contributed by atoms with Crippen molar-refractivity contribution < 1.29 is 18.0 Å². The van der Waals surface area contributed by atoms with Gasteiger partial charge in [0.2, 0.25) is 0 Å². The normalized spacial score (nSPS) is 15.6. The lowest BCUT2D eigenvalue weighted by Gasteiger charge is -2.21. The molecule has 2 N–H and O–H groups in total. The zero-order valence-corrected chi connectivity index (χ0v) is 7.90. The molecule has 0 saturated heterocycles. The van der Waals surface area contributed by atoms with Crippen LogP contribution in [0, 0.1) is 5.41 Å². The summed E-state index contributed by atoms with van der Waals surface area (Å²) in [5.41, 5.74) is 4.27. The van der Waals surface area contributed by atoms with Crippen molar-refractivity contribution in [2.75, 3.05) is 0 Å². The minimum atomic E-state index is -4.62. The number of nitrogens with two attached hydrogens (primary N) is 1. The van der Waals surface area contributed by atoms with E-state index in [2.05, 4.69) is 0 Å². The summed E-state index contributed by atoms with van der Waals surface area (Å²) in [5.74, 6) is -0.958. The molecule has 13 heavy (non-hydrogen) atoms. The fourth-order valence-electron chi connectivity index (χ4n) is 0.815. The number of halogens is 3. The van der Waals surface area contributed by atoms with E-state index in [1.807, 2.05) is 0 Å². The molecule has 0 spiro atoms. The minimum absolute atomic E-state index is 0.159. The maximum absolute atomic E-state index is 11.9. The first-order valence-electron chi connectivity index (χ1n) is 3.89. The van der Waals surface area contributed by atoms with Gasteiger partial charge in [0, 0.05) is 6.42 Å². The molecule has 0 rings (SSSR count). The molecule has 0 amide bonds. The molecule has 0 aliphatic carbocycles. The number of carbonyl (C=O) groups excluding carboxylic acids is 1. The molecule has 78 valence electrons. The Kier molecular flexibility index (Phi) is 3.49. The van der Waals surface area contributed by atoms with Crippen LogP contribution in [0.1, 0.15) is 27.2 Å².